The molecule has 1 heterocycles. The van der Waals surface area contributed by atoms with E-state index in [0.717, 1.165) is 26.9 Å². The number of hydrogen-bond acceptors (Lipinski definition) is 4. The Balaban J connectivity index is 1.77. The zero-order valence-electron chi connectivity index (χ0n) is 16.1. The van der Waals surface area contributed by atoms with Gasteiger partial charge in [-0.05, 0) is 48.7 Å². The van der Waals surface area contributed by atoms with Crippen LogP contribution in [-0.4, -0.2) is 17.6 Å². The van der Waals surface area contributed by atoms with Gasteiger partial charge in [0.25, 0.3) is 0 Å². The number of allylic oxidation sites excluding steroid dienone is 1. The van der Waals surface area contributed by atoms with Crippen molar-refractivity contribution in [1.29, 1.82) is 5.26 Å². The van der Waals surface area contributed by atoms with Crippen LogP contribution in [0.15, 0.2) is 57.5 Å². The predicted octanol–water partition coefficient (Wildman–Crippen LogP) is 4.78. The molecule has 148 valence electrons. The molecule has 0 saturated heterocycles. The number of benzene rings is 2. The molecule has 0 fully saturated rings. The minimum Gasteiger partial charge on any atom is -0.325 e. The first-order valence-corrected chi connectivity index (χ1v) is 10.8. The number of thioether (sulfide) groups is 1. The molecule has 0 spiro atoms. The molecule has 1 aliphatic rings. The average Bonchev–Trinajstić information content (AvgIpc) is 2.68. The van der Waals surface area contributed by atoms with Crippen LogP contribution in [0.4, 0.5) is 5.69 Å². The average molecular weight is 470 g/mol. The van der Waals surface area contributed by atoms with Crippen molar-refractivity contribution >= 4 is 45.2 Å². The lowest BCUT2D eigenvalue weighted by Crippen LogP contribution is -2.31. The zero-order valence-corrected chi connectivity index (χ0v) is 18.5. The van der Waals surface area contributed by atoms with Crippen molar-refractivity contribution in [3.05, 3.63) is 74.2 Å². The molecule has 2 N–H and O–H groups in total. The third kappa shape index (κ3) is 5.28. The third-order valence-corrected chi connectivity index (χ3v) is 6.13. The molecule has 2 amide bonds. The monoisotopic (exact) mass is 469 g/mol. The summed E-state index contributed by atoms with van der Waals surface area (Å²) >= 11 is 4.61. The van der Waals surface area contributed by atoms with E-state index in [-0.39, 0.29) is 29.9 Å². The van der Waals surface area contributed by atoms with Crippen molar-refractivity contribution in [3.8, 4) is 6.07 Å². The molecule has 0 saturated carbocycles. The highest BCUT2D eigenvalue weighted by atomic mass is 79.9. The van der Waals surface area contributed by atoms with Gasteiger partial charge in [-0.2, -0.15) is 5.26 Å². The van der Waals surface area contributed by atoms with Crippen LogP contribution < -0.4 is 10.6 Å². The summed E-state index contributed by atoms with van der Waals surface area (Å²) in [5.41, 5.74) is 4.18. The summed E-state index contributed by atoms with van der Waals surface area (Å²) in [6.45, 7) is 3.90. The summed E-state index contributed by atoms with van der Waals surface area (Å²) in [5, 5.41) is 15.8. The van der Waals surface area contributed by atoms with E-state index in [0.29, 0.717) is 10.6 Å². The molecule has 3 rings (SSSR count). The Labute approximate surface area is 182 Å². The van der Waals surface area contributed by atoms with Crippen LogP contribution in [0.1, 0.15) is 29.0 Å². The number of amides is 2. The molecule has 0 bridgehead atoms. The van der Waals surface area contributed by atoms with Gasteiger partial charge in [0.15, 0.2) is 0 Å². The maximum Gasteiger partial charge on any atom is 0.234 e. The third-order valence-electron chi connectivity index (χ3n) is 4.62. The van der Waals surface area contributed by atoms with Crippen molar-refractivity contribution < 1.29 is 9.59 Å². The highest BCUT2D eigenvalue weighted by molar-refractivity contribution is 9.10. The van der Waals surface area contributed by atoms with E-state index in [1.807, 2.05) is 56.3 Å². The van der Waals surface area contributed by atoms with Gasteiger partial charge in [-0.25, -0.2) is 0 Å². The molecule has 1 aliphatic heterocycles. The highest BCUT2D eigenvalue weighted by Gasteiger charge is 2.30. The van der Waals surface area contributed by atoms with E-state index in [2.05, 4.69) is 32.6 Å². The standard InChI is InChI=1S/C22H20BrN3O2S/c1-13-6-7-14(2)19(8-13)25-21(28)12-29-22-18(11-24)17(10-20(27)26-22)15-4-3-5-16(23)9-15/h3-9,17H,10,12H2,1-2H3,(H,25,28)(H,26,27)/t17-/m1/s1. The van der Waals surface area contributed by atoms with Gasteiger partial charge < -0.3 is 10.6 Å². The molecule has 0 aromatic heterocycles. The molecule has 0 radical (unpaired) electrons. The maximum absolute atomic E-state index is 12.4. The second kappa shape index (κ2) is 9.29. The smallest absolute Gasteiger partial charge is 0.234 e. The first kappa shape index (κ1) is 21.2. The molecule has 2 aromatic rings. The summed E-state index contributed by atoms with van der Waals surface area (Å²) in [4.78, 5) is 24.7. The fourth-order valence-corrected chi connectivity index (χ4v) is 4.43. The number of nitrogens with one attached hydrogen (secondary N) is 2. The van der Waals surface area contributed by atoms with E-state index in [4.69, 9.17) is 0 Å². The van der Waals surface area contributed by atoms with Crippen molar-refractivity contribution in [2.24, 2.45) is 0 Å². The predicted molar refractivity (Wildman–Crippen MR) is 119 cm³/mol. The van der Waals surface area contributed by atoms with Crippen molar-refractivity contribution in [1.82, 2.24) is 5.32 Å². The zero-order chi connectivity index (χ0) is 21.0. The number of halogens is 1. The van der Waals surface area contributed by atoms with Gasteiger partial charge in [0, 0.05) is 22.5 Å². The van der Waals surface area contributed by atoms with Gasteiger partial charge in [0.05, 0.1) is 22.4 Å². The Kier molecular flexibility index (Phi) is 6.78. The van der Waals surface area contributed by atoms with Crippen LogP contribution in [-0.2, 0) is 9.59 Å². The van der Waals surface area contributed by atoms with E-state index in [1.54, 1.807) is 0 Å². The Morgan fingerprint density at radius 2 is 2.10 bits per heavy atom. The van der Waals surface area contributed by atoms with E-state index < -0.39 is 0 Å². The number of carbonyl (C=O) groups excluding carboxylic acids is 2. The summed E-state index contributed by atoms with van der Waals surface area (Å²) in [6, 6.07) is 15.7. The van der Waals surface area contributed by atoms with E-state index in [1.165, 1.54) is 11.8 Å². The molecule has 0 aliphatic carbocycles. The van der Waals surface area contributed by atoms with Crippen LogP contribution in [0.2, 0.25) is 0 Å². The van der Waals surface area contributed by atoms with E-state index >= 15 is 0 Å². The number of rotatable bonds is 5. The van der Waals surface area contributed by atoms with Gasteiger partial charge >= 0.3 is 0 Å². The normalized spacial score (nSPS) is 16.2. The van der Waals surface area contributed by atoms with Crippen LogP contribution in [0.5, 0.6) is 0 Å². The lowest BCUT2D eigenvalue weighted by Gasteiger charge is -2.25. The number of nitriles is 1. The largest absolute Gasteiger partial charge is 0.325 e. The number of nitrogens with zero attached hydrogens (tertiary/aromatic N) is 1. The second-order valence-corrected chi connectivity index (χ2v) is 8.77. The highest BCUT2D eigenvalue weighted by Crippen LogP contribution is 2.36. The molecular formula is C22H20BrN3O2S. The topological polar surface area (TPSA) is 82.0 Å². The molecule has 1 atom stereocenters. The number of aryl methyl sites for hydroxylation is 2. The van der Waals surface area contributed by atoms with Gasteiger partial charge in [-0.3, -0.25) is 9.59 Å². The minimum atomic E-state index is -0.323. The second-order valence-electron chi connectivity index (χ2n) is 6.87. The Morgan fingerprint density at radius 1 is 1.31 bits per heavy atom. The number of carbonyl (C=O) groups is 2. The summed E-state index contributed by atoms with van der Waals surface area (Å²) < 4.78 is 0.889. The Morgan fingerprint density at radius 3 is 2.83 bits per heavy atom. The number of hydrogen-bond donors (Lipinski definition) is 2. The van der Waals surface area contributed by atoms with Gasteiger partial charge in [0.2, 0.25) is 11.8 Å². The van der Waals surface area contributed by atoms with Crippen molar-refractivity contribution in [2.75, 3.05) is 11.1 Å². The molecule has 2 aromatic carbocycles. The summed E-state index contributed by atoms with van der Waals surface area (Å²) in [7, 11) is 0. The molecular weight excluding hydrogens is 450 g/mol. The SMILES string of the molecule is Cc1ccc(C)c(NC(=O)CSC2=C(C#N)[C@@H](c3cccc(Br)c3)CC(=O)N2)c1. The Bertz CT molecular complexity index is 1040. The van der Waals surface area contributed by atoms with Crippen LogP contribution in [0, 0.1) is 25.2 Å². The van der Waals surface area contributed by atoms with Crippen LogP contribution in [0.3, 0.4) is 0 Å². The quantitative estimate of drug-likeness (QED) is 0.659. The van der Waals surface area contributed by atoms with Gasteiger partial charge in [-0.15, -0.1) is 0 Å². The minimum absolute atomic E-state index is 0.0966. The van der Waals surface area contributed by atoms with E-state index in [9.17, 15) is 14.9 Å². The van der Waals surface area contributed by atoms with Crippen LogP contribution >= 0.6 is 27.7 Å². The van der Waals surface area contributed by atoms with Gasteiger partial charge in [-0.1, -0.05) is 52.0 Å². The Hall–Kier alpha value is -2.56. The fraction of sp³-hybridized carbons (Fsp3) is 0.227. The van der Waals surface area contributed by atoms with Gasteiger partial charge in [0.1, 0.15) is 0 Å². The fourth-order valence-electron chi connectivity index (χ4n) is 3.14. The molecule has 29 heavy (non-hydrogen) atoms. The van der Waals surface area contributed by atoms with Crippen molar-refractivity contribution in [2.45, 2.75) is 26.2 Å². The lowest BCUT2D eigenvalue weighted by atomic mass is 9.87. The lowest BCUT2D eigenvalue weighted by molar-refractivity contribution is -0.121. The first-order chi connectivity index (χ1) is 13.9. The molecule has 5 nitrogen and oxygen atoms in total. The van der Waals surface area contributed by atoms with Crippen LogP contribution in [0.25, 0.3) is 0 Å². The van der Waals surface area contributed by atoms with Crippen molar-refractivity contribution in [3.63, 3.8) is 0 Å². The first-order valence-electron chi connectivity index (χ1n) is 9.07. The molecule has 7 heteroatoms. The number of anilines is 1. The molecule has 0 unspecified atom stereocenters. The summed E-state index contributed by atoms with van der Waals surface area (Å²) in [6.07, 6.45) is 0.206. The maximum atomic E-state index is 12.4. The summed E-state index contributed by atoms with van der Waals surface area (Å²) in [5.74, 6) is -0.575.